The quantitative estimate of drug-likeness (QED) is 0.728. The second-order valence-electron chi connectivity index (χ2n) is 5.31. The number of nitrogens with one attached hydrogen (secondary N) is 1. The highest BCUT2D eigenvalue weighted by Crippen LogP contribution is 2.38. The van der Waals surface area contributed by atoms with Gasteiger partial charge in [0.2, 0.25) is 6.79 Å². The smallest absolute Gasteiger partial charge is 0.307 e. The summed E-state index contributed by atoms with van der Waals surface area (Å²) < 4.78 is 11.7. The van der Waals surface area contributed by atoms with Gasteiger partial charge in [-0.2, -0.15) is 0 Å². The van der Waals surface area contributed by atoms with Crippen molar-refractivity contribution >= 4 is 32.8 Å². The summed E-state index contributed by atoms with van der Waals surface area (Å²) in [6.07, 6.45) is -0.0553. The topological polar surface area (TPSA) is 71.6 Å². The molecule has 3 aromatic rings. The van der Waals surface area contributed by atoms with Crippen LogP contribution in [0.15, 0.2) is 40.9 Å². The summed E-state index contributed by atoms with van der Waals surface area (Å²) in [6, 6.07) is 11.4. The molecule has 5 nitrogen and oxygen atoms in total. The van der Waals surface area contributed by atoms with Gasteiger partial charge in [0, 0.05) is 20.9 Å². The maximum Gasteiger partial charge on any atom is 0.307 e. The Balaban J connectivity index is 1.93. The Bertz CT molecular complexity index is 932. The number of benzene rings is 2. The van der Waals surface area contributed by atoms with Crippen molar-refractivity contribution in [3.63, 3.8) is 0 Å². The molecule has 1 aliphatic heterocycles. The zero-order valence-electron chi connectivity index (χ0n) is 11.9. The van der Waals surface area contributed by atoms with Crippen molar-refractivity contribution in [1.82, 2.24) is 4.98 Å². The highest BCUT2D eigenvalue weighted by Gasteiger charge is 2.19. The summed E-state index contributed by atoms with van der Waals surface area (Å²) in [4.78, 5) is 14.6. The van der Waals surface area contributed by atoms with Crippen molar-refractivity contribution < 1.29 is 19.4 Å². The summed E-state index contributed by atoms with van der Waals surface area (Å²) in [7, 11) is 0. The maximum atomic E-state index is 11.3. The Hall–Kier alpha value is -2.47. The molecular weight excluding hydrogens is 362 g/mol. The molecule has 0 saturated heterocycles. The minimum atomic E-state index is -0.868. The third kappa shape index (κ3) is 2.45. The zero-order chi connectivity index (χ0) is 16.0. The van der Waals surface area contributed by atoms with Crippen LogP contribution in [0.2, 0.25) is 0 Å². The molecule has 0 unspecified atom stereocenters. The molecular formula is C17H12BrNO4. The van der Waals surface area contributed by atoms with Gasteiger partial charge in [-0.3, -0.25) is 4.79 Å². The van der Waals surface area contributed by atoms with Crippen LogP contribution in [-0.4, -0.2) is 22.9 Å². The lowest BCUT2D eigenvalue weighted by molar-refractivity contribution is -0.136. The van der Waals surface area contributed by atoms with Crippen molar-refractivity contribution in [2.75, 3.05) is 6.79 Å². The number of aliphatic carboxylic acids is 1. The molecule has 0 bridgehead atoms. The standard InChI is InChI=1S/C17H12BrNO4/c18-10-2-3-13-11(6-10)12(7-16(20)21)17(19-13)9-1-4-14-15(5-9)23-8-22-14/h1-6,19H,7-8H2,(H,20,21). The van der Waals surface area contributed by atoms with Gasteiger partial charge in [-0.1, -0.05) is 15.9 Å². The fraction of sp³-hybridized carbons (Fsp3) is 0.118. The third-order valence-corrected chi connectivity index (χ3v) is 4.35. The number of ether oxygens (including phenoxy) is 2. The van der Waals surface area contributed by atoms with Crippen molar-refractivity contribution in [2.45, 2.75) is 6.42 Å². The molecule has 23 heavy (non-hydrogen) atoms. The minimum absolute atomic E-state index is 0.0553. The van der Waals surface area contributed by atoms with E-state index in [0.717, 1.165) is 32.2 Å². The average molecular weight is 374 g/mol. The lowest BCUT2D eigenvalue weighted by atomic mass is 10.0. The molecule has 2 aromatic carbocycles. The van der Waals surface area contributed by atoms with Gasteiger partial charge in [-0.25, -0.2) is 0 Å². The molecule has 0 saturated carbocycles. The molecule has 6 heteroatoms. The van der Waals surface area contributed by atoms with Crippen LogP contribution in [0.3, 0.4) is 0 Å². The fourth-order valence-corrected chi connectivity index (χ4v) is 3.21. The first-order chi connectivity index (χ1) is 11.1. The van der Waals surface area contributed by atoms with Crippen LogP contribution in [0, 0.1) is 0 Å². The van der Waals surface area contributed by atoms with Crippen molar-refractivity contribution in [3.8, 4) is 22.8 Å². The van der Waals surface area contributed by atoms with Gasteiger partial charge in [-0.05, 0) is 42.0 Å². The lowest BCUT2D eigenvalue weighted by Gasteiger charge is -2.04. The van der Waals surface area contributed by atoms with E-state index in [2.05, 4.69) is 20.9 Å². The summed E-state index contributed by atoms with van der Waals surface area (Å²) in [5.74, 6) is 0.504. The highest BCUT2D eigenvalue weighted by atomic mass is 79.9. The average Bonchev–Trinajstić information content (AvgIpc) is 3.11. The molecule has 0 spiro atoms. The SMILES string of the molecule is O=C(O)Cc1c(-c2ccc3c(c2)OCO3)[nH]c2ccc(Br)cc12. The van der Waals surface area contributed by atoms with E-state index in [4.69, 9.17) is 9.47 Å². The van der Waals surface area contributed by atoms with Gasteiger partial charge in [-0.15, -0.1) is 0 Å². The summed E-state index contributed by atoms with van der Waals surface area (Å²) in [5.41, 5.74) is 3.32. The van der Waals surface area contributed by atoms with Gasteiger partial charge in [0.1, 0.15) is 0 Å². The van der Waals surface area contributed by atoms with E-state index in [1.807, 2.05) is 36.4 Å². The molecule has 0 radical (unpaired) electrons. The van der Waals surface area contributed by atoms with E-state index >= 15 is 0 Å². The predicted molar refractivity (Wildman–Crippen MR) is 88.9 cm³/mol. The monoisotopic (exact) mass is 373 g/mol. The Morgan fingerprint density at radius 2 is 2.00 bits per heavy atom. The molecule has 2 heterocycles. The van der Waals surface area contributed by atoms with E-state index < -0.39 is 5.97 Å². The van der Waals surface area contributed by atoms with Gasteiger partial charge < -0.3 is 19.6 Å². The zero-order valence-corrected chi connectivity index (χ0v) is 13.5. The van der Waals surface area contributed by atoms with Crippen LogP contribution in [0.4, 0.5) is 0 Å². The van der Waals surface area contributed by atoms with E-state index in [1.54, 1.807) is 0 Å². The van der Waals surface area contributed by atoms with Crippen molar-refractivity contribution in [2.24, 2.45) is 0 Å². The second-order valence-corrected chi connectivity index (χ2v) is 6.22. The molecule has 116 valence electrons. The summed E-state index contributed by atoms with van der Waals surface area (Å²) in [6.45, 7) is 0.209. The number of hydrogen-bond acceptors (Lipinski definition) is 3. The third-order valence-electron chi connectivity index (χ3n) is 3.86. The molecule has 1 aromatic heterocycles. The number of carboxylic acids is 1. The van der Waals surface area contributed by atoms with Gasteiger partial charge >= 0.3 is 5.97 Å². The van der Waals surface area contributed by atoms with Crippen LogP contribution in [0.1, 0.15) is 5.56 Å². The van der Waals surface area contributed by atoms with Crippen molar-refractivity contribution in [3.05, 3.63) is 46.4 Å². The number of H-pyrrole nitrogens is 1. The molecule has 1 aliphatic rings. The molecule has 0 atom stereocenters. The molecule has 0 aliphatic carbocycles. The number of hydrogen-bond donors (Lipinski definition) is 2. The normalized spacial score (nSPS) is 12.7. The number of fused-ring (bicyclic) bond motifs is 2. The number of halogens is 1. The summed E-state index contributed by atoms with van der Waals surface area (Å²) >= 11 is 3.44. The van der Waals surface area contributed by atoms with Gasteiger partial charge in [0.15, 0.2) is 11.5 Å². The van der Waals surface area contributed by atoms with Crippen LogP contribution in [0.25, 0.3) is 22.2 Å². The van der Waals surface area contributed by atoms with Crippen molar-refractivity contribution in [1.29, 1.82) is 0 Å². The van der Waals surface area contributed by atoms with Gasteiger partial charge in [0.25, 0.3) is 0 Å². The summed E-state index contributed by atoms with van der Waals surface area (Å²) in [5, 5.41) is 10.2. The van der Waals surface area contributed by atoms with E-state index in [0.29, 0.717) is 11.5 Å². The first-order valence-corrected chi connectivity index (χ1v) is 7.83. The van der Waals surface area contributed by atoms with E-state index in [1.165, 1.54) is 0 Å². The molecule has 0 fully saturated rings. The van der Waals surface area contributed by atoms with E-state index in [9.17, 15) is 9.90 Å². The number of aromatic nitrogens is 1. The lowest BCUT2D eigenvalue weighted by Crippen LogP contribution is -2.01. The Morgan fingerprint density at radius 1 is 1.17 bits per heavy atom. The first-order valence-electron chi connectivity index (χ1n) is 7.04. The first kappa shape index (κ1) is 14.1. The minimum Gasteiger partial charge on any atom is -0.481 e. The fourth-order valence-electron chi connectivity index (χ4n) is 2.85. The predicted octanol–water partition coefficient (Wildman–Crippen LogP) is 3.95. The Labute approximate surface area is 140 Å². The Kier molecular flexibility index (Phi) is 3.27. The molecule has 0 amide bonds. The van der Waals surface area contributed by atoms with Crippen LogP contribution >= 0.6 is 15.9 Å². The van der Waals surface area contributed by atoms with Gasteiger partial charge in [0.05, 0.1) is 12.1 Å². The van der Waals surface area contributed by atoms with Crippen LogP contribution in [0.5, 0.6) is 11.5 Å². The van der Waals surface area contributed by atoms with Crippen LogP contribution in [-0.2, 0) is 11.2 Å². The second kappa shape index (κ2) is 5.31. The molecule has 2 N–H and O–H groups in total. The maximum absolute atomic E-state index is 11.3. The largest absolute Gasteiger partial charge is 0.481 e. The number of aromatic amines is 1. The Morgan fingerprint density at radius 3 is 2.83 bits per heavy atom. The van der Waals surface area contributed by atoms with E-state index in [-0.39, 0.29) is 13.2 Å². The number of carboxylic acid groups (broad SMARTS) is 1. The highest BCUT2D eigenvalue weighted by molar-refractivity contribution is 9.10. The van der Waals surface area contributed by atoms with Crippen LogP contribution < -0.4 is 9.47 Å². The number of rotatable bonds is 3. The molecule has 4 rings (SSSR count). The number of carbonyl (C=O) groups is 1.